The highest BCUT2D eigenvalue weighted by molar-refractivity contribution is 5.89. The number of rotatable bonds is 2. The van der Waals surface area contributed by atoms with Gasteiger partial charge in [0.05, 0.1) is 11.6 Å². The predicted molar refractivity (Wildman–Crippen MR) is 79.9 cm³/mol. The monoisotopic (exact) mass is 323 g/mol. The minimum atomic E-state index is -4.38. The van der Waals surface area contributed by atoms with Crippen molar-refractivity contribution in [3.05, 3.63) is 53.9 Å². The first-order valence-electron chi connectivity index (χ1n) is 7.33. The molecule has 7 heteroatoms. The molecule has 1 aromatic carbocycles. The largest absolute Gasteiger partial charge is 0.416 e. The van der Waals surface area contributed by atoms with Crippen LogP contribution in [0.1, 0.15) is 30.1 Å². The number of urea groups is 1. The number of nitrogens with zero attached hydrogens (tertiary/aromatic N) is 1. The van der Waals surface area contributed by atoms with E-state index >= 15 is 0 Å². The minimum Gasteiger partial charge on any atom is -0.363 e. The molecule has 2 amide bonds. The van der Waals surface area contributed by atoms with E-state index in [1.807, 2.05) is 12.1 Å². The Labute approximate surface area is 131 Å². The number of anilines is 1. The summed E-state index contributed by atoms with van der Waals surface area (Å²) in [4.78, 5) is 17.2. The second-order valence-corrected chi connectivity index (χ2v) is 5.48. The molecule has 122 valence electrons. The third-order valence-corrected chi connectivity index (χ3v) is 3.96. The molecule has 0 aliphatic carbocycles. The zero-order chi connectivity index (χ0) is 16.4. The summed E-state index contributed by atoms with van der Waals surface area (Å²) in [5.74, 6) is 0. The molecule has 0 bridgehead atoms. The lowest BCUT2D eigenvalue weighted by atomic mass is 10.1. The molecule has 1 aliphatic rings. The van der Waals surface area contributed by atoms with E-state index in [-0.39, 0.29) is 12.1 Å². The molecule has 3 rings (SSSR count). The van der Waals surface area contributed by atoms with Gasteiger partial charge in [0.1, 0.15) is 0 Å². The van der Waals surface area contributed by atoms with E-state index in [2.05, 4.69) is 10.3 Å². The lowest BCUT2D eigenvalue weighted by Crippen LogP contribution is -2.34. The van der Waals surface area contributed by atoms with Crippen LogP contribution in [0.15, 0.2) is 42.6 Å². The summed E-state index contributed by atoms with van der Waals surface area (Å²) in [5, 5.41) is 2.66. The summed E-state index contributed by atoms with van der Waals surface area (Å²) < 4.78 is 37.6. The summed E-state index contributed by atoms with van der Waals surface area (Å²) in [6.45, 7) is 0.621. The van der Waals surface area contributed by atoms with Crippen LogP contribution in [0.3, 0.4) is 0 Å². The Morgan fingerprint density at radius 2 is 1.96 bits per heavy atom. The van der Waals surface area contributed by atoms with Crippen LogP contribution in [0.5, 0.6) is 0 Å². The summed E-state index contributed by atoms with van der Waals surface area (Å²) in [7, 11) is 0. The van der Waals surface area contributed by atoms with E-state index in [1.54, 1.807) is 11.1 Å². The smallest absolute Gasteiger partial charge is 0.363 e. The number of nitrogens with one attached hydrogen (secondary N) is 2. The first kappa shape index (κ1) is 15.5. The lowest BCUT2D eigenvalue weighted by Gasteiger charge is -2.24. The zero-order valence-electron chi connectivity index (χ0n) is 12.2. The second-order valence-electron chi connectivity index (χ2n) is 5.48. The van der Waals surface area contributed by atoms with Crippen molar-refractivity contribution in [2.45, 2.75) is 25.1 Å². The highest BCUT2D eigenvalue weighted by Crippen LogP contribution is 2.32. The number of aromatic amines is 1. The quantitative estimate of drug-likeness (QED) is 0.845. The van der Waals surface area contributed by atoms with Gasteiger partial charge in [-0.15, -0.1) is 0 Å². The zero-order valence-corrected chi connectivity index (χ0v) is 12.2. The number of likely N-dealkylation sites (tertiary alicyclic amines) is 1. The number of hydrogen-bond donors (Lipinski definition) is 2. The molecule has 1 unspecified atom stereocenters. The van der Waals surface area contributed by atoms with Crippen molar-refractivity contribution in [3.8, 4) is 0 Å². The van der Waals surface area contributed by atoms with Gasteiger partial charge in [0.15, 0.2) is 0 Å². The fourth-order valence-electron chi connectivity index (χ4n) is 2.82. The van der Waals surface area contributed by atoms with Crippen LogP contribution in [0, 0.1) is 0 Å². The second kappa shape index (κ2) is 5.98. The van der Waals surface area contributed by atoms with Crippen LogP contribution in [-0.4, -0.2) is 22.5 Å². The van der Waals surface area contributed by atoms with Gasteiger partial charge >= 0.3 is 12.2 Å². The molecule has 1 atom stereocenters. The Bertz CT molecular complexity index is 665. The van der Waals surface area contributed by atoms with Gasteiger partial charge in [-0.25, -0.2) is 4.79 Å². The Morgan fingerprint density at radius 1 is 1.22 bits per heavy atom. The van der Waals surface area contributed by atoms with Gasteiger partial charge in [-0.1, -0.05) is 0 Å². The van der Waals surface area contributed by atoms with Crippen molar-refractivity contribution in [2.24, 2.45) is 0 Å². The van der Waals surface area contributed by atoms with Crippen LogP contribution in [-0.2, 0) is 6.18 Å². The number of carbonyl (C=O) groups excluding carboxylic acids is 1. The van der Waals surface area contributed by atoms with Crippen molar-refractivity contribution in [1.82, 2.24) is 9.88 Å². The molecule has 1 aromatic heterocycles. The maximum atomic E-state index is 12.5. The molecular formula is C16H16F3N3O. The molecule has 23 heavy (non-hydrogen) atoms. The maximum Gasteiger partial charge on any atom is 0.416 e. The van der Waals surface area contributed by atoms with Crippen molar-refractivity contribution in [3.63, 3.8) is 0 Å². The topological polar surface area (TPSA) is 48.1 Å². The molecule has 2 aromatic rings. The Kier molecular flexibility index (Phi) is 4.02. The van der Waals surface area contributed by atoms with Crippen molar-refractivity contribution >= 4 is 11.7 Å². The van der Waals surface area contributed by atoms with Gasteiger partial charge in [-0.05, 0) is 49.2 Å². The SMILES string of the molecule is O=C(Nc1ccc(C(F)(F)F)cc1)N1CCCC1c1ccc[nH]1. The third-order valence-electron chi connectivity index (χ3n) is 3.96. The number of alkyl halides is 3. The molecule has 0 radical (unpaired) electrons. The van der Waals surface area contributed by atoms with Crippen LogP contribution < -0.4 is 5.32 Å². The summed E-state index contributed by atoms with van der Waals surface area (Å²) in [6.07, 6.45) is -0.819. The van der Waals surface area contributed by atoms with Crippen molar-refractivity contribution < 1.29 is 18.0 Å². The molecule has 1 saturated heterocycles. The molecule has 2 heterocycles. The van der Waals surface area contributed by atoms with Gasteiger partial charge in [0.2, 0.25) is 0 Å². The molecule has 2 N–H and O–H groups in total. The number of hydrogen-bond acceptors (Lipinski definition) is 1. The van der Waals surface area contributed by atoms with Crippen LogP contribution in [0.2, 0.25) is 0 Å². The van der Waals surface area contributed by atoms with Crippen LogP contribution in [0.4, 0.5) is 23.7 Å². The molecule has 0 spiro atoms. The minimum absolute atomic E-state index is 0.0283. The van der Waals surface area contributed by atoms with Crippen molar-refractivity contribution in [2.75, 3.05) is 11.9 Å². The van der Waals surface area contributed by atoms with Crippen LogP contribution in [0.25, 0.3) is 0 Å². The van der Waals surface area contributed by atoms with Gasteiger partial charge < -0.3 is 15.2 Å². The van der Waals surface area contributed by atoms with Gasteiger partial charge in [-0.2, -0.15) is 13.2 Å². The van der Waals surface area contributed by atoms with Crippen LogP contribution >= 0.6 is 0 Å². The maximum absolute atomic E-state index is 12.5. The number of benzene rings is 1. The fraction of sp³-hybridized carbons (Fsp3) is 0.312. The van der Waals surface area contributed by atoms with E-state index in [4.69, 9.17) is 0 Å². The number of halogens is 3. The third kappa shape index (κ3) is 3.33. The Morgan fingerprint density at radius 3 is 2.57 bits per heavy atom. The standard InChI is InChI=1S/C16H16F3N3O/c17-16(18,19)11-5-7-12(8-6-11)21-15(23)22-10-2-4-14(22)13-3-1-9-20-13/h1,3,5-9,14,20H,2,4,10H2,(H,21,23). The van der Waals surface area contributed by atoms with Gasteiger partial charge in [-0.3, -0.25) is 0 Å². The first-order valence-corrected chi connectivity index (χ1v) is 7.33. The predicted octanol–water partition coefficient (Wildman–Crippen LogP) is 4.40. The fourth-order valence-corrected chi connectivity index (χ4v) is 2.82. The Balaban J connectivity index is 1.69. The highest BCUT2D eigenvalue weighted by Gasteiger charge is 2.32. The molecule has 1 aliphatic heterocycles. The highest BCUT2D eigenvalue weighted by atomic mass is 19.4. The molecule has 0 saturated carbocycles. The average molecular weight is 323 g/mol. The van der Waals surface area contributed by atoms with E-state index < -0.39 is 11.7 Å². The molecule has 1 fully saturated rings. The summed E-state index contributed by atoms with van der Waals surface area (Å²) in [6, 6.07) is 7.92. The lowest BCUT2D eigenvalue weighted by molar-refractivity contribution is -0.137. The normalized spacial score (nSPS) is 18.2. The molecule has 4 nitrogen and oxygen atoms in total. The summed E-state index contributed by atoms with van der Waals surface area (Å²) >= 11 is 0. The van der Waals surface area contributed by atoms with Gasteiger partial charge in [0.25, 0.3) is 0 Å². The van der Waals surface area contributed by atoms with E-state index in [0.29, 0.717) is 12.2 Å². The average Bonchev–Trinajstić information content (AvgIpc) is 3.17. The number of H-pyrrole nitrogens is 1. The van der Waals surface area contributed by atoms with E-state index in [0.717, 1.165) is 30.7 Å². The van der Waals surface area contributed by atoms with E-state index in [9.17, 15) is 18.0 Å². The van der Waals surface area contributed by atoms with E-state index in [1.165, 1.54) is 12.1 Å². The Hall–Kier alpha value is -2.44. The van der Waals surface area contributed by atoms with Gasteiger partial charge in [0, 0.05) is 24.1 Å². The number of aromatic nitrogens is 1. The first-order chi connectivity index (χ1) is 10.9. The number of amides is 2. The van der Waals surface area contributed by atoms with Crippen molar-refractivity contribution in [1.29, 1.82) is 0 Å². The summed E-state index contributed by atoms with van der Waals surface area (Å²) in [5.41, 5.74) is 0.575. The molecular weight excluding hydrogens is 307 g/mol. The number of carbonyl (C=O) groups is 1.